The monoisotopic (exact) mass is 312 g/mol. The highest BCUT2D eigenvalue weighted by Crippen LogP contribution is 2.17. The fraction of sp³-hybridized carbons (Fsp3) is 0.600. The Bertz CT molecular complexity index is 348. The second-order valence-corrected chi connectivity index (χ2v) is 5.51. The largest absolute Gasteiger partial charge is 0.313 e. The molecule has 0 aliphatic carbocycles. The maximum atomic E-state index is 3.61. The van der Waals surface area contributed by atoms with Crippen LogP contribution in [0.4, 0.5) is 0 Å². The van der Waals surface area contributed by atoms with Crippen LogP contribution in [-0.4, -0.2) is 31.1 Å². The molecule has 0 fully saturated rings. The molecule has 3 heteroatoms. The molecule has 1 aromatic rings. The molecule has 0 amide bonds. The molecule has 1 aromatic carbocycles. The van der Waals surface area contributed by atoms with Gasteiger partial charge in [0, 0.05) is 11.0 Å². The molecular formula is C15H25BrN2. The molecule has 0 radical (unpaired) electrons. The number of hydrogen-bond donors (Lipinski definition) is 1. The van der Waals surface area contributed by atoms with Gasteiger partial charge in [0.05, 0.1) is 0 Å². The lowest BCUT2D eigenvalue weighted by Crippen LogP contribution is -2.27. The van der Waals surface area contributed by atoms with Crippen molar-refractivity contribution in [3.63, 3.8) is 0 Å². The van der Waals surface area contributed by atoms with Crippen molar-refractivity contribution in [3.8, 4) is 0 Å². The van der Waals surface area contributed by atoms with E-state index < -0.39 is 0 Å². The Balaban J connectivity index is 2.21. The Morgan fingerprint density at radius 1 is 1.22 bits per heavy atom. The first-order chi connectivity index (χ1) is 8.67. The fourth-order valence-electron chi connectivity index (χ4n) is 1.99. The van der Waals surface area contributed by atoms with Crippen LogP contribution in [0.5, 0.6) is 0 Å². The summed E-state index contributed by atoms with van der Waals surface area (Å²) in [6.07, 6.45) is 1.21. The molecular weight excluding hydrogens is 288 g/mol. The van der Waals surface area contributed by atoms with Gasteiger partial charge in [-0.2, -0.15) is 0 Å². The van der Waals surface area contributed by atoms with Gasteiger partial charge in [-0.1, -0.05) is 41.9 Å². The second kappa shape index (κ2) is 8.68. The summed E-state index contributed by atoms with van der Waals surface area (Å²) in [4.78, 5) is 2.46. The lowest BCUT2D eigenvalue weighted by molar-refractivity contribution is 0.298. The quantitative estimate of drug-likeness (QED) is 0.738. The number of rotatable bonds is 8. The zero-order valence-electron chi connectivity index (χ0n) is 11.8. The predicted molar refractivity (Wildman–Crippen MR) is 83.0 cm³/mol. The van der Waals surface area contributed by atoms with Gasteiger partial charge in [0.15, 0.2) is 0 Å². The average molecular weight is 313 g/mol. The summed E-state index contributed by atoms with van der Waals surface area (Å²) >= 11 is 3.61. The fourth-order valence-corrected chi connectivity index (χ4v) is 2.62. The van der Waals surface area contributed by atoms with Gasteiger partial charge in [0.25, 0.3) is 0 Å². The van der Waals surface area contributed by atoms with Gasteiger partial charge in [-0.15, -0.1) is 0 Å². The van der Waals surface area contributed by atoms with Crippen LogP contribution >= 0.6 is 15.9 Å². The summed E-state index contributed by atoms with van der Waals surface area (Å²) in [6, 6.07) is 6.53. The highest BCUT2D eigenvalue weighted by molar-refractivity contribution is 9.10. The Morgan fingerprint density at radius 3 is 2.56 bits per heavy atom. The lowest BCUT2D eigenvalue weighted by atomic mass is 10.1. The van der Waals surface area contributed by atoms with E-state index in [1.165, 1.54) is 28.6 Å². The predicted octanol–water partition coefficient (Wildman–Crippen LogP) is 3.58. The van der Waals surface area contributed by atoms with Gasteiger partial charge in [0.1, 0.15) is 0 Å². The van der Waals surface area contributed by atoms with E-state index in [1.54, 1.807) is 0 Å². The third-order valence-electron chi connectivity index (χ3n) is 3.25. The molecule has 0 aliphatic rings. The molecule has 0 aliphatic heterocycles. The standard InChI is InChI=1S/C15H25BrN2/c1-4-18(5-2)10-6-9-17-12-14-8-7-13(3)11-15(14)16/h7-8,11,17H,4-6,9-10,12H2,1-3H3. The topological polar surface area (TPSA) is 15.3 Å². The Labute approximate surface area is 120 Å². The Hall–Kier alpha value is -0.380. The van der Waals surface area contributed by atoms with Crippen LogP contribution < -0.4 is 5.32 Å². The van der Waals surface area contributed by atoms with Crippen LogP contribution in [0.25, 0.3) is 0 Å². The highest BCUT2D eigenvalue weighted by atomic mass is 79.9. The summed E-state index contributed by atoms with van der Waals surface area (Å²) in [7, 11) is 0. The third kappa shape index (κ3) is 5.51. The molecule has 18 heavy (non-hydrogen) atoms. The van der Waals surface area contributed by atoms with Crippen molar-refractivity contribution in [2.24, 2.45) is 0 Å². The van der Waals surface area contributed by atoms with E-state index in [1.807, 2.05) is 0 Å². The minimum atomic E-state index is 0.944. The molecule has 0 unspecified atom stereocenters. The number of benzene rings is 1. The van der Waals surface area contributed by atoms with E-state index in [2.05, 4.69) is 65.1 Å². The maximum Gasteiger partial charge on any atom is 0.0222 e. The van der Waals surface area contributed by atoms with Crippen LogP contribution in [0.3, 0.4) is 0 Å². The van der Waals surface area contributed by atoms with Crippen molar-refractivity contribution < 1.29 is 0 Å². The highest BCUT2D eigenvalue weighted by Gasteiger charge is 2.00. The summed E-state index contributed by atoms with van der Waals surface area (Å²) in [5.41, 5.74) is 2.63. The summed E-state index contributed by atoms with van der Waals surface area (Å²) < 4.78 is 1.21. The molecule has 0 atom stereocenters. The van der Waals surface area contributed by atoms with Crippen molar-refractivity contribution in [2.75, 3.05) is 26.2 Å². The normalized spacial score (nSPS) is 11.2. The molecule has 0 saturated heterocycles. The van der Waals surface area contributed by atoms with E-state index in [4.69, 9.17) is 0 Å². The van der Waals surface area contributed by atoms with E-state index in [9.17, 15) is 0 Å². The van der Waals surface area contributed by atoms with Gasteiger partial charge in [-0.3, -0.25) is 0 Å². The van der Waals surface area contributed by atoms with E-state index in [0.29, 0.717) is 0 Å². The van der Waals surface area contributed by atoms with Gasteiger partial charge in [-0.25, -0.2) is 0 Å². The van der Waals surface area contributed by atoms with Gasteiger partial charge in [-0.05, 0) is 56.7 Å². The maximum absolute atomic E-state index is 3.61. The van der Waals surface area contributed by atoms with Crippen molar-refractivity contribution in [2.45, 2.75) is 33.7 Å². The van der Waals surface area contributed by atoms with Crippen LogP contribution in [0.15, 0.2) is 22.7 Å². The molecule has 1 N–H and O–H groups in total. The lowest BCUT2D eigenvalue weighted by Gasteiger charge is -2.17. The first-order valence-electron chi connectivity index (χ1n) is 6.85. The number of nitrogens with one attached hydrogen (secondary N) is 1. The van der Waals surface area contributed by atoms with Crippen LogP contribution in [0.1, 0.15) is 31.4 Å². The number of halogens is 1. The molecule has 1 rings (SSSR count). The Kier molecular flexibility index (Phi) is 7.56. The molecule has 102 valence electrons. The smallest absolute Gasteiger partial charge is 0.0222 e. The summed E-state index contributed by atoms with van der Waals surface area (Å²) in [5.74, 6) is 0. The van der Waals surface area contributed by atoms with Crippen molar-refractivity contribution in [1.29, 1.82) is 0 Å². The second-order valence-electron chi connectivity index (χ2n) is 4.65. The van der Waals surface area contributed by atoms with Gasteiger partial charge >= 0.3 is 0 Å². The van der Waals surface area contributed by atoms with Crippen molar-refractivity contribution in [1.82, 2.24) is 10.2 Å². The molecule has 0 bridgehead atoms. The minimum Gasteiger partial charge on any atom is -0.313 e. The van der Waals surface area contributed by atoms with Gasteiger partial charge < -0.3 is 10.2 Å². The van der Waals surface area contributed by atoms with Crippen molar-refractivity contribution >= 4 is 15.9 Å². The zero-order chi connectivity index (χ0) is 13.4. The van der Waals surface area contributed by atoms with E-state index >= 15 is 0 Å². The average Bonchev–Trinajstić information content (AvgIpc) is 2.36. The van der Waals surface area contributed by atoms with Crippen molar-refractivity contribution in [3.05, 3.63) is 33.8 Å². The molecule has 2 nitrogen and oxygen atoms in total. The minimum absolute atomic E-state index is 0.944. The molecule has 0 heterocycles. The summed E-state index contributed by atoms with van der Waals surface area (Å²) in [5, 5.41) is 3.51. The number of nitrogens with zero attached hydrogens (tertiary/aromatic N) is 1. The summed E-state index contributed by atoms with van der Waals surface area (Å²) in [6.45, 7) is 12.1. The zero-order valence-corrected chi connectivity index (χ0v) is 13.4. The third-order valence-corrected chi connectivity index (χ3v) is 3.98. The SMILES string of the molecule is CCN(CC)CCCNCc1ccc(C)cc1Br. The first-order valence-corrected chi connectivity index (χ1v) is 7.64. The van der Waals surface area contributed by atoms with Crippen LogP contribution in [-0.2, 0) is 6.54 Å². The van der Waals surface area contributed by atoms with Crippen LogP contribution in [0, 0.1) is 6.92 Å². The molecule has 0 aromatic heterocycles. The van der Waals surface area contributed by atoms with Gasteiger partial charge in [0.2, 0.25) is 0 Å². The first kappa shape index (κ1) is 15.7. The van der Waals surface area contributed by atoms with Crippen LogP contribution in [0.2, 0.25) is 0 Å². The van der Waals surface area contributed by atoms with E-state index in [-0.39, 0.29) is 0 Å². The number of aryl methyl sites for hydroxylation is 1. The Morgan fingerprint density at radius 2 is 1.94 bits per heavy atom. The number of hydrogen-bond acceptors (Lipinski definition) is 2. The molecule has 0 spiro atoms. The van der Waals surface area contributed by atoms with E-state index in [0.717, 1.165) is 26.2 Å². The molecule has 0 saturated carbocycles.